The molecule has 6 aromatic carbocycles. The minimum absolute atomic E-state index is 0.00571. The van der Waals surface area contributed by atoms with Crippen LogP contribution < -0.4 is 0 Å². The van der Waals surface area contributed by atoms with Crippen LogP contribution in [0.2, 0.25) is 0 Å². The topological polar surface area (TPSA) is 232 Å². The summed E-state index contributed by atoms with van der Waals surface area (Å²) in [6.45, 7) is 5.34. The molecule has 2 heterocycles. The molecule has 0 spiro atoms. The van der Waals surface area contributed by atoms with Crippen molar-refractivity contribution in [2.24, 2.45) is 0 Å². The average Bonchev–Trinajstić information content (AvgIpc) is 2.26. The summed E-state index contributed by atoms with van der Waals surface area (Å²) in [6.07, 6.45) is -15.4. The maximum absolute atomic E-state index is 13.8. The van der Waals surface area contributed by atoms with E-state index in [4.69, 9.17) is 66.3 Å². The third kappa shape index (κ3) is 16.6. The Labute approximate surface area is 497 Å². The Morgan fingerprint density at radius 3 is 1.37 bits per heavy atom. The Bertz CT molecular complexity index is 3190. The van der Waals surface area contributed by atoms with Crippen LogP contribution in [0.25, 0.3) is 11.1 Å². The first-order valence-corrected chi connectivity index (χ1v) is 27.9. The lowest BCUT2D eigenvalue weighted by Gasteiger charge is -2.46. The van der Waals surface area contributed by atoms with E-state index >= 15 is 0 Å². The van der Waals surface area contributed by atoms with Crippen LogP contribution in [0.3, 0.4) is 0 Å². The standard InChI is InChI=1S/C66H66O20/c1-5-33-73-66(72)86-59-57(75-35-45-21-11-7-12-22-45)55(40-80-65(71)79-38-53-51-27-17-15-25-49(51)50-26-16-18-28-52(50)53)85-64(61(59)83-43(4)69)78-39-54-56(74-34-44-19-9-6-10-20-44)58(81-41(2)67)60(82-42(3)68)63(84-54)77-37-47-31-29-46(30-32-47)36-76-62(70)48-23-13-8-14-24-48/h5-32,53-61,63-64H,1,33-40H2,2-4H3/t54-,55-,56-,57-,58+,59+,60-,61-,63-,64+/m1/s1. The van der Waals surface area contributed by atoms with E-state index in [1.807, 2.05) is 72.8 Å². The lowest BCUT2D eigenvalue weighted by atomic mass is 9.97. The molecular formula is C66H66O20. The molecule has 0 N–H and O–H groups in total. The van der Waals surface area contributed by atoms with Gasteiger partial charge in [0.15, 0.2) is 37.0 Å². The van der Waals surface area contributed by atoms with Crippen molar-refractivity contribution in [1.29, 1.82) is 0 Å². The van der Waals surface area contributed by atoms with Gasteiger partial charge in [0.1, 0.15) is 50.8 Å². The Hall–Kier alpha value is -8.76. The Morgan fingerprint density at radius 1 is 0.407 bits per heavy atom. The lowest BCUT2D eigenvalue weighted by molar-refractivity contribution is -0.341. The molecule has 0 saturated carbocycles. The molecule has 20 nitrogen and oxygen atoms in total. The van der Waals surface area contributed by atoms with Crippen LogP contribution in [0, 0.1) is 0 Å². The summed E-state index contributed by atoms with van der Waals surface area (Å²) in [5.74, 6) is -3.15. The van der Waals surface area contributed by atoms with Crippen LogP contribution in [0.5, 0.6) is 0 Å². The summed E-state index contributed by atoms with van der Waals surface area (Å²) in [5.41, 5.74) is 7.13. The number of benzene rings is 6. The molecule has 9 rings (SSSR count). The van der Waals surface area contributed by atoms with Crippen LogP contribution in [0.1, 0.15) is 70.4 Å². The summed E-state index contributed by atoms with van der Waals surface area (Å²) in [4.78, 5) is 79.1. The van der Waals surface area contributed by atoms with Gasteiger partial charge >= 0.3 is 36.2 Å². The van der Waals surface area contributed by atoms with Crippen molar-refractivity contribution >= 4 is 36.2 Å². The van der Waals surface area contributed by atoms with Gasteiger partial charge in [0.2, 0.25) is 0 Å². The van der Waals surface area contributed by atoms with Crippen LogP contribution >= 0.6 is 0 Å². The van der Waals surface area contributed by atoms with Gasteiger partial charge in [0.25, 0.3) is 0 Å². The SMILES string of the molecule is C=CCOC(=O)O[C@@H]1[C@@H](OC(C)=O)[C@@H](OC[C@H]2O[C@@H](OCc3ccc(COC(=O)c4ccccc4)cc3)[C@H](OC(C)=O)[C@@H](OC(C)=O)[C@@H]2OCc2ccccc2)O[C@H](COC(=O)OCC2c3ccccc3-c3ccccc32)[C@H]1OCc1ccccc1. The number of hydrogen-bond acceptors (Lipinski definition) is 20. The first kappa shape index (κ1) is 61.8. The summed E-state index contributed by atoms with van der Waals surface area (Å²) in [7, 11) is 0. The van der Waals surface area contributed by atoms with E-state index in [9.17, 15) is 28.8 Å². The minimum Gasteiger partial charge on any atom is -0.457 e. The Morgan fingerprint density at radius 2 is 0.837 bits per heavy atom. The number of rotatable bonds is 25. The second-order valence-electron chi connectivity index (χ2n) is 20.3. The smallest absolute Gasteiger partial charge is 0.457 e. The summed E-state index contributed by atoms with van der Waals surface area (Å²) in [6, 6.07) is 49.4. The summed E-state index contributed by atoms with van der Waals surface area (Å²) >= 11 is 0. The Kier molecular flexibility index (Phi) is 21.8. The number of esters is 4. The molecule has 2 fully saturated rings. The maximum Gasteiger partial charge on any atom is 0.509 e. The van der Waals surface area contributed by atoms with E-state index in [2.05, 4.69) is 6.58 Å². The van der Waals surface area contributed by atoms with Crippen molar-refractivity contribution in [1.82, 2.24) is 0 Å². The van der Waals surface area contributed by atoms with Gasteiger partial charge in [-0.2, -0.15) is 0 Å². The normalized spacial score (nSPS) is 22.2. The largest absolute Gasteiger partial charge is 0.509 e. The predicted molar refractivity (Wildman–Crippen MR) is 304 cm³/mol. The predicted octanol–water partition coefficient (Wildman–Crippen LogP) is 9.67. The molecule has 1 aliphatic carbocycles. The highest BCUT2D eigenvalue weighted by Crippen LogP contribution is 2.45. The second kappa shape index (κ2) is 30.4. The van der Waals surface area contributed by atoms with Crippen molar-refractivity contribution in [3.63, 3.8) is 0 Å². The van der Waals surface area contributed by atoms with Crippen molar-refractivity contribution in [3.8, 4) is 11.1 Å². The highest BCUT2D eigenvalue weighted by atomic mass is 16.8. The van der Waals surface area contributed by atoms with E-state index in [-0.39, 0.29) is 45.6 Å². The number of fused-ring (bicyclic) bond motifs is 3. The molecule has 6 aromatic rings. The van der Waals surface area contributed by atoms with Crippen LogP contribution in [-0.4, -0.2) is 124 Å². The third-order valence-corrected chi connectivity index (χ3v) is 14.1. The number of hydrogen-bond donors (Lipinski definition) is 0. The first-order valence-electron chi connectivity index (χ1n) is 27.9. The summed E-state index contributed by atoms with van der Waals surface area (Å²) < 4.78 is 85.3. The van der Waals surface area contributed by atoms with E-state index in [0.717, 1.165) is 29.2 Å². The number of carbonyl (C=O) groups excluding carboxylic acids is 6. The quantitative estimate of drug-likeness (QED) is 0.0295. The van der Waals surface area contributed by atoms with Gasteiger partial charge in [-0.3, -0.25) is 14.4 Å². The molecule has 10 atom stereocenters. The highest BCUT2D eigenvalue weighted by molar-refractivity contribution is 5.89. The third-order valence-electron chi connectivity index (χ3n) is 14.1. The van der Waals surface area contributed by atoms with Gasteiger partial charge in [-0.15, -0.1) is 0 Å². The molecule has 0 unspecified atom stereocenters. The fourth-order valence-corrected chi connectivity index (χ4v) is 10.3. The lowest BCUT2D eigenvalue weighted by Crippen LogP contribution is -2.64. The summed E-state index contributed by atoms with van der Waals surface area (Å²) in [5, 5.41) is 0. The van der Waals surface area contributed by atoms with E-state index in [1.165, 1.54) is 19.9 Å². The van der Waals surface area contributed by atoms with E-state index in [0.29, 0.717) is 27.8 Å². The van der Waals surface area contributed by atoms with Gasteiger partial charge in [0.05, 0.1) is 32.0 Å². The molecule has 2 aliphatic heterocycles. The zero-order valence-corrected chi connectivity index (χ0v) is 47.5. The monoisotopic (exact) mass is 1180 g/mol. The molecule has 86 heavy (non-hydrogen) atoms. The molecule has 20 heteroatoms. The number of ether oxygens (including phenoxy) is 14. The molecule has 450 valence electrons. The van der Waals surface area contributed by atoms with Crippen LogP contribution in [0.15, 0.2) is 176 Å². The molecular weight excluding hydrogens is 1110 g/mol. The fraction of sp³-hybridized carbons (Fsp3) is 0.333. The minimum atomic E-state index is -1.69. The first-order chi connectivity index (χ1) is 41.8. The van der Waals surface area contributed by atoms with Gasteiger partial charge in [0, 0.05) is 26.7 Å². The van der Waals surface area contributed by atoms with Crippen molar-refractivity contribution in [3.05, 3.63) is 215 Å². The zero-order chi connectivity index (χ0) is 60.4. The van der Waals surface area contributed by atoms with Gasteiger partial charge in [-0.1, -0.05) is 164 Å². The molecule has 0 bridgehead atoms. The average molecular weight is 1180 g/mol. The van der Waals surface area contributed by atoms with E-state index in [1.54, 1.807) is 91.0 Å². The van der Waals surface area contributed by atoms with E-state index < -0.39 is 111 Å². The maximum atomic E-state index is 13.8. The molecule has 3 aliphatic rings. The highest BCUT2D eigenvalue weighted by Gasteiger charge is 2.55. The fourth-order valence-electron chi connectivity index (χ4n) is 10.3. The second-order valence-corrected chi connectivity index (χ2v) is 20.3. The van der Waals surface area contributed by atoms with Crippen molar-refractivity contribution in [2.75, 3.05) is 26.4 Å². The van der Waals surface area contributed by atoms with Gasteiger partial charge in [-0.05, 0) is 56.6 Å². The van der Waals surface area contributed by atoms with Crippen molar-refractivity contribution in [2.45, 2.75) is 115 Å². The Balaban J connectivity index is 0.996. The van der Waals surface area contributed by atoms with Gasteiger partial charge in [-0.25, -0.2) is 14.4 Å². The molecule has 0 aromatic heterocycles. The van der Waals surface area contributed by atoms with Crippen LogP contribution in [-0.2, 0) is 107 Å². The number of carbonyl (C=O) groups is 6. The van der Waals surface area contributed by atoms with Gasteiger partial charge < -0.3 is 66.3 Å². The molecule has 0 radical (unpaired) electrons. The molecule has 0 amide bonds. The zero-order valence-electron chi connectivity index (χ0n) is 47.5. The molecule has 2 saturated heterocycles. The van der Waals surface area contributed by atoms with Crippen molar-refractivity contribution < 1.29 is 95.1 Å². The van der Waals surface area contributed by atoms with Crippen LogP contribution in [0.4, 0.5) is 9.59 Å².